The second-order valence-electron chi connectivity index (χ2n) is 5.01. The number of ether oxygens (including phenoxy) is 1. The predicted octanol–water partition coefficient (Wildman–Crippen LogP) is 2.65. The molecular weight excluding hydrogens is 242 g/mol. The molecule has 0 spiro atoms. The van der Waals surface area contributed by atoms with Gasteiger partial charge in [0.1, 0.15) is 5.60 Å². The lowest BCUT2D eigenvalue weighted by atomic mass is 9.79. The number of anilines is 1. The fourth-order valence-corrected chi connectivity index (χ4v) is 2.51. The van der Waals surface area contributed by atoms with Crippen molar-refractivity contribution in [1.82, 2.24) is 10.1 Å². The number of nitrogen functional groups attached to an aromatic ring is 1. The molecule has 100 valence electrons. The van der Waals surface area contributed by atoms with Crippen LogP contribution in [0.3, 0.4) is 0 Å². The van der Waals surface area contributed by atoms with Crippen LogP contribution in [0.5, 0.6) is 0 Å². The standard InChI is InChI=1S/C14H17N3O2/c1-9-5-3-6-10(15)11(9)12-16-13(17-19-12)14(18-2)7-4-8-14/h3,5-6H,4,7-8,15H2,1-2H3. The van der Waals surface area contributed by atoms with Crippen molar-refractivity contribution in [3.05, 3.63) is 29.6 Å². The molecule has 0 bridgehead atoms. The third kappa shape index (κ3) is 1.81. The van der Waals surface area contributed by atoms with Gasteiger partial charge in [0.2, 0.25) is 5.82 Å². The molecule has 1 aliphatic carbocycles. The number of hydrogen-bond acceptors (Lipinski definition) is 5. The summed E-state index contributed by atoms with van der Waals surface area (Å²) in [6, 6.07) is 5.72. The molecule has 0 atom stereocenters. The Labute approximate surface area is 111 Å². The SMILES string of the molecule is COC1(c2noc(-c3c(C)cccc3N)n2)CCC1. The summed E-state index contributed by atoms with van der Waals surface area (Å²) in [5.74, 6) is 1.09. The Bertz CT molecular complexity index is 577. The molecule has 3 rings (SSSR count). The number of nitrogens with two attached hydrogens (primary N) is 1. The van der Waals surface area contributed by atoms with Crippen LogP contribution in [0.15, 0.2) is 22.7 Å². The average Bonchev–Trinajstić information content (AvgIpc) is 2.78. The van der Waals surface area contributed by atoms with Gasteiger partial charge in [0.25, 0.3) is 5.89 Å². The van der Waals surface area contributed by atoms with Gasteiger partial charge in [0, 0.05) is 12.8 Å². The van der Waals surface area contributed by atoms with E-state index in [9.17, 15) is 0 Å². The van der Waals surface area contributed by atoms with Crippen molar-refractivity contribution >= 4 is 5.69 Å². The minimum atomic E-state index is -0.362. The molecule has 1 fully saturated rings. The lowest BCUT2D eigenvalue weighted by molar-refractivity contribution is -0.0858. The Morgan fingerprint density at radius 1 is 1.37 bits per heavy atom. The molecule has 5 heteroatoms. The number of nitrogens with zero attached hydrogens (tertiary/aromatic N) is 2. The first-order chi connectivity index (χ1) is 9.16. The van der Waals surface area contributed by atoms with E-state index in [4.69, 9.17) is 15.0 Å². The van der Waals surface area contributed by atoms with Crippen molar-refractivity contribution in [2.75, 3.05) is 12.8 Å². The van der Waals surface area contributed by atoms with Crippen LogP contribution in [-0.4, -0.2) is 17.3 Å². The minimum Gasteiger partial charge on any atom is -0.398 e. The third-order valence-electron chi connectivity index (χ3n) is 3.90. The zero-order valence-electron chi connectivity index (χ0n) is 11.1. The molecule has 5 nitrogen and oxygen atoms in total. The maximum absolute atomic E-state index is 5.99. The molecule has 1 aromatic carbocycles. The lowest BCUT2D eigenvalue weighted by Gasteiger charge is -2.37. The number of rotatable bonds is 3. The highest BCUT2D eigenvalue weighted by molar-refractivity contribution is 5.73. The quantitative estimate of drug-likeness (QED) is 0.858. The van der Waals surface area contributed by atoms with Gasteiger partial charge in [-0.05, 0) is 37.8 Å². The van der Waals surface area contributed by atoms with Crippen molar-refractivity contribution in [2.45, 2.75) is 31.8 Å². The molecule has 2 aromatic rings. The summed E-state index contributed by atoms with van der Waals surface area (Å²) in [4.78, 5) is 4.48. The molecule has 2 N–H and O–H groups in total. The average molecular weight is 259 g/mol. The topological polar surface area (TPSA) is 74.2 Å². The van der Waals surface area contributed by atoms with Crippen LogP contribution < -0.4 is 5.73 Å². The molecule has 0 amide bonds. The molecule has 1 aromatic heterocycles. The summed E-state index contributed by atoms with van der Waals surface area (Å²) in [7, 11) is 1.69. The maximum Gasteiger partial charge on any atom is 0.260 e. The molecule has 0 radical (unpaired) electrons. The van der Waals surface area contributed by atoms with Crippen LogP contribution in [0.2, 0.25) is 0 Å². The van der Waals surface area contributed by atoms with Gasteiger partial charge in [-0.15, -0.1) is 0 Å². The Morgan fingerprint density at radius 2 is 2.16 bits per heavy atom. The van der Waals surface area contributed by atoms with Crippen LogP contribution in [0.25, 0.3) is 11.5 Å². The number of benzene rings is 1. The van der Waals surface area contributed by atoms with E-state index in [1.54, 1.807) is 7.11 Å². The van der Waals surface area contributed by atoms with Crippen molar-refractivity contribution in [2.24, 2.45) is 0 Å². The largest absolute Gasteiger partial charge is 0.398 e. The van der Waals surface area contributed by atoms with E-state index >= 15 is 0 Å². The van der Waals surface area contributed by atoms with Gasteiger partial charge >= 0.3 is 0 Å². The normalized spacial score (nSPS) is 17.2. The van der Waals surface area contributed by atoms with Crippen LogP contribution in [-0.2, 0) is 10.3 Å². The Hall–Kier alpha value is -1.88. The molecule has 0 unspecified atom stereocenters. The highest BCUT2D eigenvalue weighted by Crippen LogP contribution is 2.43. The zero-order chi connectivity index (χ0) is 13.5. The number of aryl methyl sites for hydroxylation is 1. The van der Waals surface area contributed by atoms with Crippen molar-refractivity contribution in [3.63, 3.8) is 0 Å². The van der Waals surface area contributed by atoms with E-state index in [0.29, 0.717) is 17.4 Å². The Kier molecular flexibility index (Phi) is 2.78. The summed E-state index contributed by atoms with van der Waals surface area (Å²) in [6.07, 6.45) is 3.00. The number of hydrogen-bond donors (Lipinski definition) is 1. The molecule has 1 aliphatic rings. The smallest absolute Gasteiger partial charge is 0.260 e. The number of methoxy groups -OCH3 is 1. The van der Waals surface area contributed by atoms with Crippen LogP contribution in [0.1, 0.15) is 30.7 Å². The summed E-state index contributed by atoms with van der Waals surface area (Å²) in [6.45, 7) is 1.98. The van der Waals surface area contributed by atoms with Gasteiger partial charge in [0.15, 0.2) is 0 Å². The molecule has 0 saturated heterocycles. The van der Waals surface area contributed by atoms with Gasteiger partial charge in [-0.2, -0.15) is 4.98 Å². The van der Waals surface area contributed by atoms with E-state index in [2.05, 4.69) is 10.1 Å². The third-order valence-corrected chi connectivity index (χ3v) is 3.90. The molecular formula is C14H17N3O2. The second kappa shape index (κ2) is 4.35. The van der Waals surface area contributed by atoms with E-state index in [1.807, 2.05) is 25.1 Å². The number of aromatic nitrogens is 2. The van der Waals surface area contributed by atoms with E-state index < -0.39 is 0 Å². The molecule has 19 heavy (non-hydrogen) atoms. The highest BCUT2D eigenvalue weighted by Gasteiger charge is 2.43. The first kappa shape index (κ1) is 12.2. The zero-order valence-corrected chi connectivity index (χ0v) is 11.1. The summed E-state index contributed by atoms with van der Waals surface area (Å²) >= 11 is 0. The summed E-state index contributed by atoms with van der Waals surface area (Å²) in [5.41, 5.74) is 8.11. The molecule has 0 aliphatic heterocycles. The minimum absolute atomic E-state index is 0.362. The molecule has 1 heterocycles. The Balaban J connectivity index is 2.02. The van der Waals surface area contributed by atoms with E-state index in [0.717, 1.165) is 30.4 Å². The van der Waals surface area contributed by atoms with Gasteiger partial charge < -0.3 is 15.0 Å². The second-order valence-corrected chi connectivity index (χ2v) is 5.01. The first-order valence-electron chi connectivity index (χ1n) is 6.41. The Morgan fingerprint density at radius 3 is 2.74 bits per heavy atom. The van der Waals surface area contributed by atoms with Crippen LogP contribution in [0.4, 0.5) is 5.69 Å². The van der Waals surface area contributed by atoms with Gasteiger partial charge in [0.05, 0.1) is 5.56 Å². The van der Waals surface area contributed by atoms with Crippen LogP contribution >= 0.6 is 0 Å². The highest BCUT2D eigenvalue weighted by atomic mass is 16.5. The van der Waals surface area contributed by atoms with E-state index in [1.165, 1.54) is 0 Å². The van der Waals surface area contributed by atoms with Crippen molar-refractivity contribution < 1.29 is 9.26 Å². The fraction of sp³-hybridized carbons (Fsp3) is 0.429. The lowest BCUT2D eigenvalue weighted by Crippen LogP contribution is -2.37. The van der Waals surface area contributed by atoms with Gasteiger partial charge in [-0.25, -0.2) is 0 Å². The first-order valence-corrected chi connectivity index (χ1v) is 6.41. The van der Waals surface area contributed by atoms with Crippen molar-refractivity contribution in [1.29, 1.82) is 0 Å². The van der Waals surface area contributed by atoms with Crippen LogP contribution in [0, 0.1) is 6.92 Å². The fourth-order valence-electron chi connectivity index (χ4n) is 2.51. The molecule has 1 saturated carbocycles. The van der Waals surface area contributed by atoms with Gasteiger partial charge in [-0.1, -0.05) is 17.3 Å². The predicted molar refractivity (Wildman–Crippen MR) is 71.4 cm³/mol. The van der Waals surface area contributed by atoms with E-state index in [-0.39, 0.29) is 5.60 Å². The monoisotopic (exact) mass is 259 g/mol. The maximum atomic E-state index is 5.99. The van der Waals surface area contributed by atoms with Crippen molar-refractivity contribution in [3.8, 4) is 11.5 Å². The van der Waals surface area contributed by atoms with Gasteiger partial charge in [-0.3, -0.25) is 0 Å². The summed E-state index contributed by atoms with van der Waals surface area (Å²) in [5, 5.41) is 4.07. The summed E-state index contributed by atoms with van der Waals surface area (Å²) < 4.78 is 10.9.